The summed E-state index contributed by atoms with van der Waals surface area (Å²) >= 11 is 0. The first kappa shape index (κ1) is 20.0. The molecule has 3 aromatic rings. The summed E-state index contributed by atoms with van der Waals surface area (Å²) in [7, 11) is 0. The van der Waals surface area contributed by atoms with E-state index in [1.165, 1.54) is 29.2 Å². The summed E-state index contributed by atoms with van der Waals surface area (Å²) < 4.78 is 0. The minimum absolute atomic E-state index is 0.0634. The smallest absolute Gasteiger partial charge is 0.300 e. The highest BCUT2D eigenvalue weighted by molar-refractivity contribution is 6.51. The van der Waals surface area contributed by atoms with Crippen molar-refractivity contribution in [3.8, 4) is 0 Å². The van der Waals surface area contributed by atoms with Crippen molar-refractivity contribution < 1.29 is 19.6 Å². The van der Waals surface area contributed by atoms with Gasteiger partial charge in [0.05, 0.1) is 16.5 Å². The number of carbonyl (C=O) groups is 2. The van der Waals surface area contributed by atoms with Gasteiger partial charge in [0.2, 0.25) is 0 Å². The summed E-state index contributed by atoms with van der Waals surface area (Å²) in [5.41, 5.74) is 2.09. The van der Waals surface area contributed by atoms with E-state index < -0.39 is 22.7 Å². The zero-order chi connectivity index (χ0) is 22.1. The molecule has 1 aliphatic rings. The molecule has 0 spiro atoms. The molecule has 1 atom stereocenters. The molecule has 4 rings (SSSR count). The molecule has 1 fully saturated rings. The number of nitro groups is 1. The van der Waals surface area contributed by atoms with Crippen LogP contribution in [0.4, 0.5) is 11.4 Å². The lowest BCUT2D eigenvalue weighted by atomic mass is 9.95. The Labute approximate surface area is 178 Å². The number of aliphatic hydroxyl groups is 1. The Morgan fingerprint density at radius 3 is 2.26 bits per heavy atom. The molecule has 1 aliphatic heterocycles. The summed E-state index contributed by atoms with van der Waals surface area (Å²) in [6.07, 6.45) is 0. The van der Waals surface area contributed by atoms with Crippen LogP contribution in [0.15, 0.2) is 84.4 Å². The van der Waals surface area contributed by atoms with Crippen LogP contribution in [-0.2, 0) is 9.59 Å². The highest BCUT2D eigenvalue weighted by Gasteiger charge is 2.47. The number of amides is 1. The van der Waals surface area contributed by atoms with Crippen molar-refractivity contribution >= 4 is 28.8 Å². The minimum Gasteiger partial charge on any atom is -0.507 e. The number of anilines is 1. The molecule has 3 aromatic carbocycles. The quantitative estimate of drug-likeness (QED) is 0.222. The standard InChI is InChI=1S/C24H18N2O5/c1-15-6-5-9-19(14-15)25-21(16-10-12-18(13-11-16)26(30)31)20(23(28)24(25)29)22(27)17-7-3-2-4-8-17/h2-14,21,27H,1H3/b22-20+. The number of hydrogen-bond acceptors (Lipinski definition) is 5. The topological polar surface area (TPSA) is 101 Å². The number of Topliss-reactive ketones (excluding diaryl/α,β-unsaturated/α-hetero) is 1. The fourth-order valence-corrected chi connectivity index (χ4v) is 3.72. The van der Waals surface area contributed by atoms with E-state index in [0.29, 0.717) is 16.8 Å². The molecule has 1 amide bonds. The highest BCUT2D eigenvalue weighted by Crippen LogP contribution is 2.42. The van der Waals surface area contributed by atoms with E-state index in [9.17, 15) is 24.8 Å². The van der Waals surface area contributed by atoms with E-state index in [1.807, 2.05) is 13.0 Å². The zero-order valence-electron chi connectivity index (χ0n) is 16.6. The third-order valence-electron chi connectivity index (χ3n) is 5.19. The van der Waals surface area contributed by atoms with Crippen molar-refractivity contribution in [3.63, 3.8) is 0 Å². The fourth-order valence-electron chi connectivity index (χ4n) is 3.72. The number of hydrogen-bond donors (Lipinski definition) is 1. The summed E-state index contributed by atoms with van der Waals surface area (Å²) in [5.74, 6) is -1.88. The second-order valence-corrected chi connectivity index (χ2v) is 7.22. The largest absolute Gasteiger partial charge is 0.507 e. The Bertz CT molecular complexity index is 1220. The highest BCUT2D eigenvalue weighted by atomic mass is 16.6. The number of non-ortho nitro benzene ring substituents is 1. The summed E-state index contributed by atoms with van der Waals surface area (Å²) in [6.45, 7) is 1.87. The van der Waals surface area contributed by atoms with Gasteiger partial charge in [-0.25, -0.2) is 0 Å². The Kier molecular flexibility index (Phi) is 5.09. The number of aryl methyl sites for hydroxylation is 1. The second kappa shape index (κ2) is 7.87. The molecule has 0 bridgehead atoms. The molecule has 0 aromatic heterocycles. The van der Waals surface area contributed by atoms with E-state index in [4.69, 9.17) is 0 Å². The average molecular weight is 414 g/mol. The maximum Gasteiger partial charge on any atom is 0.300 e. The van der Waals surface area contributed by atoms with Gasteiger partial charge in [0.25, 0.3) is 17.4 Å². The third kappa shape index (κ3) is 3.57. The van der Waals surface area contributed by atoms with Gasteiger partial charge in [0.15, 0.2) is 0 Å². The number of rotatable bonds is 4. The first-order valence-electron chi connectivity index (χ1n) is 9.56. The van der Waals surface area contributed by atoms with Gasteiger partial charge in [-0.3, -0.25) is 24.6 Å². The van der Waals surface area contributed by atoms with E-state index in [0.717, 1.165) is 5.56 Å². The predicted molar refractivity (Wildman–Crippen MR) is 116 cm³/mol. The lowest BCUT2D eigenvalue weighted by Gasteiger charge is -2.25. The van der Waals surface area contributed by atoms with E-state index in [1.54, 1.807) is 48.5 Å². The van der Waals surface area contributed by atoms with Gasteiger partial charge in [-0.1, -0.05) is 42.5 Å². The summed E-state index contributed by atoms with van der Waals surface area (Å²) in [6, 6.07) is 20.3. The van der Waals surface area contributed by atoms with E-state index in [2.05, 4.69) is 0 Å². The first-order chi connectivity index (χ1) is 14.9. The maximum absolute atomic E-state index is 13.0. The second-order valence-electron chi connectivity index (χ2n) is 7.22. The van der Waals surface area contributed by atoms with Gasteiger partial charge in [-0.15, -0.1) is 0 Å². The van der Waals surface area contributed by atoms with Crippen LogP contribution in [0.3, 0.4) is 0 Å². The Balaban J connectivity index is 1.94. The van der Waals surface area contributed by atoms with Crippen molar-refractivity contribution in [1.82, 2.24) is 0 Å². The number of aliphatic hydroxyl groups excluding tert-OH is 1. The van der Waals surface area contributed by atoms with E-state index in [-0.39, 0.29) is 17.0 Å². The number of nitrogens with zero attached hydrogens (tertiary/aromatic N) is 2. The molecule has 1 unspecified atom stereocenters. The fraction of sp³-hybridized carbons (Fsp3) is 0.0833. The van der Waals surface area contributed by atoms with Crippen molar-refractivity contribution in [2.45, 2.75) is 13.0 Å². The van der Waals surface area contributed by atoms with Crippen LogP contribution in [-0.4, -0.2) is 21.7 Å². The molecule has 7 heteroatoms. The Morgan fingerprint density at radius 1 is 0.968 bits per heavy atom. The van der Waals surface area contributed by atoms with Crippen molar-refractivity contribution in [3.05, 3.63) is 111 Å². The molecule has 0 saturated carbocycles. The molecule has 1 N–H and O–H groups in total. The Morgan fingerprint density at radius 2 is 1.65 bits per heavy atom. The van der Waals surface area contributed by atoms with Crippen LogP contribution in [0.1, 0.15) is 22.7 Å². The van der Waals surface area contributed by atoms with Gasteiger partial charge in [0, 0.05) is 23.4 Å². The first-order valence-corrected chi connectivity index (χ1v) is 9.56. The van der Waals surface area contributed by atoms with Crippen LogP contribution in [0.2, 0.25) is 0 Å². The number of ketones is 1. The molecule has 1 saturated heterocycles. The number of benzene rings is 3. The molecule has 1 heterocycles. The summed E-state index contributed by atoms with van der Waals surface area (Å²) in [4.78, 5) is 37.9. The monoisotopic (exact) mass is 414 g/mol. The van der Waals surface area contributed by atoms with Gasteiger partial charge in [-0.05, 0) is 42.3 Å². The number of carbonyl (C=O) groups excluding carboxylic acids is 2. The van der Waals surface area contributed by atoms with Gasteiger partial charge in [0.1, 0.15) is 5.76 Å². The van der Waals surface area contributed by atoms with Crippen LogP contribution >= 0.6 is 0 Å². The predicted octanol–water partition coefficient (Wildman–Crippen LogP) is 4.53. The molecule has 0 radical (unpaired) electrons. The van der Waals surface area contributed by atoms with Gasteiger partial charge >= 0.3 is 0 Å². The number of nitro benzene ring substituents is 1. The van der Waals surface area contributed by atoms with Crippen molar-refractivity contribution in [2.24, 2.45) is 0 Å². The summed E-state index contributed by atoms with van der Waals surface area (Å²) in [5, 5.41) is 22.0. The lowest BCUT2D eigenvalue weighted by molar-refractivity contribution is -0.384. The Hall–Kier alpha value is -4.26. The zero-order valence-corrected chi connectivity index (χ0v) is 16.6. The lowest BCUT2D eigenvalue weighted by Crippen LogP contribution is -2.29. The molecular formula is C24H18N2O5. The normalized spacial score (nSPS) is 17.7. The molecule has 7 nitrogen and oxygen atoms in total. The van der Waals surface area contributed by atoms with Crippen LogP contribution in [0.25, 0.3) is 5.76 Å². The third-order valence-corrected chi connectivity index (χ3v) is 5.19. The minimum atomic E-state index is -0.928. The van der Waals surface area contributed by atoms with Crippen molar-refractivity contribution in [2.75, 3.05) is 4.90 Å². The van der Waals surface area contributed by atoms with Gasteiger partial charge in [-0.2, -0.15) is 0 Å². The van der Waals surface area contributed by atoms with Crippen LogP contribution < -0.4 is 4.90 Å². The SMILES string of the molecule is Cc1cccc(N2C(=O)C(=O)/C(=C(/O)c3ccccc3)C2c2ccc([N+](=O)[O-])cc2)c1. The molecule has 31 heavy (non-hydrogen) atoms. The molecule has 154 valence electrons. The maximum atomic E-state index is 13.0. The van der Waals surface area contributed by atoms with E-state index >= 15 is 0 Å². The molecule has 0 aliphatic carbocycles. The average Bonchev–Trinajstić information content (AvgIpc) is 3.04. The van der Waals surface area contributed by atoms with Crippen molar-refractivity contribution in [1.29, 1.82) is 0 Å². The van der Waals surface area contributed by atoms with Crippen LogP contribution in [0.5, 0.6) is 0 Å². The van der Waals surface area contributed by atoms with Crippen LogP contribution in [0, 0.1) is 17.0 Å². The van der Waals surface area contributed by atoms with Gasteiger partial charge < -0.3 is 5.11 Å². The molecular weight excluding hydrogens is 396 g/mol.